The minimum absolute atomic E-state index is 0.0827. The molecule has 0 aliphatic heterocycles. The maximum atomic E-state index is 12.3. The van der Waals surface area contributed by atoms with Gasteiger partial charge in [0.05, 0.1) is 10.8 Å². The van der Waals surface area contributed by atoms with Crippen molar-refractivity contribution in [2.24, 2.45) is 11.8 Å². The highest BCUT2D eigenvalue weighted by Gasteiger charge is 2.31. The number of amides is 1. The van der Waals surface area contributed by atoms with Crippen LogP contribution in [0.1, 0.15) is 32.6 Å². The van der Waals surface area contributed by atoms with Crippen LogP contribution in [-0.2, 0) is 19.6 Å². The first-order valence-corrected chi connectivity index (χ1v) is 9.38. The minimum atomic E-state index is -3.71. The number of aliphatic carboxylic acids is 1. The van der Waals surface area contributed by atoms with Crippen molar-refractivity contribution < 1.29 is 23.1 Å². The zero-order valence-electron chi connectivity index (χ0n) is 13.5. The van der Waals surface area contributed by atoms with Crippen LogP contribution in [0.3, 0.4) is 0 Å². The lowest BCUT2D eigenvalue weighted by molar-refractivity contribution is -0.144. The van der Waals surface area contributed by atoms with E-state index in [-0.39, 0.29) is 23.3 Å². The SMILES string of the molecule is CC(=O)Nc1ccc(S(=O)(=O)NC[C@@H]2CCCC[C@@H]2C(=O)O)cc1. The zero-order valence-corrected chi connectivity index (χ0v) is 14.3. The highest BCUT2D eigenvalue weighted by Crippen LogP contribution is 2.30. The molecular formula is C16H22N2O5S. The summed E-state index contributed by atoms with van der Waals surface area (Å²) in [5, 5.41) is 11.8. The first-order valence-electron chi connectivity index (χ1n) is 7.90. The molecule has 1 aromatic carbocycles. The van der Waals surface area contributed by atoms with E-state index in [4.69, 9.17) is 0 Å². The number of nitrogens with one attached hydrogen (secondary N) is 2. The molecule has 1 amide bonds. The first kappa shape index (κ1) is 18.4. The van der Waals surface area contributed by atoms with Crippen LogP contribution >= 0.6 is 0 Å². The van der Waals surface area contributed by atoms with Crippen molar-refractivity contribution in [2.45, 2.75) is 37.5 Å². The summed E-state index contributed by atoms with van der Waals surface area (Å²) in [6, 6.07) is 5.83. The van der Waals surface area contributed by atoms with Gasteiger partial charge in [-0.15, -0.1) is 0 Å². The molecule has 1 fully saturated rings. The van der Waals surface area contributed by atoms with Crippen LogP contribution in [0.25, 0.3) is 0 Å². The summed E-state index contributed by atoms with van der Waals surface area (Å²) in [5.74, 6) is -1.78. The van der Waals surface area contributed by atoms with Gasteiger partial charge in [-0.3, -0.25) is 9.59 Å². The fourth-order valence-electron chi connectivity index (χ4n) is 3.00. The fraction of sp³-hybridized carbons (Fsp3) is 0.500. The molecule has 0 saturated heterocycles. The van der Waals surface area contributed by atoms with Gasteiger partial charge < -0.3 is 10.4 Å². The molecule has 0 radical (unpaired) electrons. The van der Waals surface area contributed by atoms with Crippen LogP contribution in [0.5, 0.6) is 0 Å². The van der Waals surface area contributed by atoms with Gasteiger partial charge in [-0.25, -0.2) is 13.1 Å². The van der Waals surface area contributed by atoms with Crippen molar-refractivity contribution in [2.75, 3.05) is 11.9 Å². The van der Waals surface area contributed by atoms with E-state index < -0.39 is 21.9 Å². The minimum Gasteiger partial charge on any atom is -0.481 e. The van der Waals surface area contributed by atoms with Crippen LogP contribution in [0.4, 0.5) is 5.69 Å². The van der Waals surface area contributed by atoms with E-state index in [0.29, 0.717) is 18.5 Å². The van der Waals surface area contributed by atoms with E-state index >= 15 is 0 Å². The summed E-state index contributed by atoms with van der Waals surface area (Å²) in [7, 11) is -3.71. The normalized spacial score (nSPS) is 21.2. The van der Waals surface area contributed by atoms with Crippen molar-refractivity contribution in [1.82, 2.24) is 4.72 Å². The quantitative estimate of drug-likeness (QED) is 0.721. The Balaban J connectivity index is 2.02. The molecule has 0 bridgehead atoms. The molecule has 24 heavy (non-hydrogen) atoms. The summed E-state index contributed by atoms with van der Waals surface area (Å²) in [6.45, 7) is 1.49. The second-order valence-corrected chi connectivity index (χ2v) is 7.81. The van der Waals surface area contributed by atoms with Gasteiger partial charge in [0, 0.05) is 19.2 Å². The monoisotopic (exact) mass is 354 g/mol. The van der Waals surface area contributed by atoms with Crippen molar-refractivity contribution in [3.05, 3.63) is 24.3 Å². The van der Waals surface area contributed by atoms with E-state index in [9.17, 15) is 23.1 Å². The molecule has 1 aliphatic rings. The van der Waals surface area contributed by atoms with Crippen LogP contribution < -0.4 is 10.0 Å². The molecule has 0 aromatic heterocycles. The number of benzene rings is 1. The maximum Gasteiger partial charge on any atom is 0.306 e. The Morgan fingerprint density at radius 3 is 2.38 bits per heavy atom. The number of sulfonamides is 1. The van der Waals surface area contributed by atoms with Crippen LogP contribution in [0.2, 0.25) is 0 Å². The lowest BCUT2D eigenvalue weighted by Gasteiger charge is -2.28. The van der Waals surface area contributed by atoms with Gasteiger partial charge >= 0.3 is 5.97 Å². The smallest absolute Gasteiger partial charge is 0.306 e. The Bertz CT molecular complexity index is 700. The van der Waals surface area contributed by atoms with Crippen molar-refractivity contribution >= 4 is 27.6 Å². The highest BCUT2D eigenvalue weighted by atomic mass is 32.2. The number of carboxylic acid groups (broad SMARTS) is 1. The third-order valence-electron chi connectivity index (χ3n) is 4.25. The third-order valence-corrected chi connectivity index (χ3v) is 5.69. The molecular weight excluding hydrogens is 332 g/mol. The number of carbonyl (C=O) groups is 2. The van der Waals surface area contributed by atoms with Gasteiger partial charge in [0.25, 0.3) is 0 Å². The van der Waals surface area contributed by atoms with Crippen LogP contribution in [-0.4, -0.2) is 31.9 Å². The number of rotatable bonds is 6. The zero-order chi connectivity index (χ0) is 17.7. The molecule has 1 saturated carbocycles. The van der Waals surface area contributed by atoms with E-state index in [0.717, 1.165) is 12.8 Å². The van der Waals surface area contributed by atoms with Gasteiger partial charge in [0.1, 0.15) is 0 Å². The lowest BCUT2D eigenvalue weighted by atomic mass is 9.79. The Kier molecular flexibility index (Phi) is 5.95. The largest absolute Gasteiger partial charge is 0.481 e. The fourth-order valence-corrected chi connectivity index (χ4v) is 4.09. The Labute approximate surface area is 141 Å². The average Bonchev–Trinajstić information content (AvgIpc) is 2.53. The highest BCUT2D eigenvalue weighted by molar-refractivity contribution is 7.89. The second-order valence-electron chi connectivity index (χ2n) is 6.05. The molecule has 1 aliphatic carbocycles. The van der Waals surface area contributed by atoms with Crippen LogP contribution in [0, 0.1) is 11.8 Å². The molecule has 7 nitrogen and oxygen atoms in total. The average molecular weight is 354 g/mol. The molecule has 0 unspecified atom stereocenters. The van der Waals surface area contributed by atoms with E-state index in [2.05, 4.69) is 10.0 Å². The van der Waals surface area contributed by atoms with E-state index in [1.807, 2.05) is 0 Å². The predicted octanol–water partition coefficient (Wildman–Crippen LogP) is 1.81. The van der Waals surface area contributed by atoms with Crippen molar-refractivity contribution in [1.29, 1.82) is 0 Å². The Morgan fingerprint density at radius 2 is 1.79 bits per heavy atom. The van der Waals surface area contributed by atoms with Gasteiger partial charge in [0.15, 0.2) is 0 Å². The third kappa shape index (κ3) is 4.78. The second kappa shape index (κ2) is 7.76. The van der Waals surface area contributed by atoms with Crippen molar-refractivity contribution in [3.8, 4) is 0 Å². The predicted molar refractivity (Wildman–Crippen MR) is 89.0 cm³/mol. The van der Waals surface area contributed by atoms with E-state index in [1.54, 1.807) is 0 Å². The molecule has 132 valence electrons. The number of hydrogen-bond acceptors (Lipinski definition) is 4. The van der Waals surface area contributed by atoms with Crippen LogP contribution in [0.15, 0.2) is 29.2 Å². The standard InChI is InChI=1S/C16H22N2O5S/c1-11(19)18-13-6-8-14(9-7-13)24(22,23)17-10-12-4-2-3-5-15(12)16(20)21/h6-9,12,15,17H,2-5,10H2,1H3,(H,18,19)(H,20,21)/t12-,15-/m0/s1. The molecule has 8 heteroatoms. The summed E-state index contributed by atoms with van der Waals surface area (Å²) < 4.78 is 27.2. The summed E-state index contributed by atoms with van der Waals surface area (Å²) in [5.41, 5.74) is 0.514. The topological polar surface area (TPSA) is 113 Å². The van der Waals surface area contributed by atoms with E-state index in [1.165, 1.54) is 31.2 Å². The first-order chi connectivity index (χ1) is 11.3. The summed E-state index contributed by atoms with van der Waals surface area (Å²) >= 11 is 0. The Morgan fingerprint density at radius 1 is 1.17 bits per heavy atom. The molecule has 0 spiro atoms. The van der Waals surface area contributed by atoms with Gasteiger partial charge in [-0.2, -0.15) is 0 Å². The van der Waals surface area contributed by atoms with Gasteiger partial charge in [-0.1, -0.05) is 12.8 Å². The Hall–Kier alpha value is -1.93. The molecule has 1 aromatic rings. The lowest BCUT2D eigenvalue weighted by Crippen LogP contribution is -2.37. The molecule has 2 rings (SSSR count). The molecule has 3 N–H and O–H groups in total. The summed E-state index contributed by atoms with van der Waals surface area (Å²) in [4.78, 5) is 22.3. The van der Waals surface area contributed by atoms with Crippen molar-refractivity contribution in [3.63, 3.8) is 0 Å². The summed E-state index contributed by atoms with van der Waals surface area (Å²) in [6.07, 6.45) is 3.08. The number of anilines is 1. The number of carboxylic acids is 1. The van der Waals surface area contributed by atoms with Gasteiger partial charge in [-0.05, 0) is 43.0 Å². The molecule has 2 atom stereocenters. The molecule has 0 heterocycles. The number of carbonyl (C=O) groups excluding carboxylic acids is 1. The van der Waals surface area contributed by atoms with Gasteiger partial charge in [0.2, 0.25) is 15.9 Å². The maximum absolute atomic E-state index is 12.3. The number of hydrogen-bond donors (Lipinski definition) is 3.